The third kappa shape index (κ3) is 2.09. The third-order valence-corrected chi connectivity index (χ3v) is 3.88. The van der Waals surface area contributed by atoms with Crippen LogP contribution in [0.15, 0.2) is 30.5 Å². The highest BCUT2D eigenvalue weighted by Gasteiger charge is 2.25. The van der Waals surface area contributed by atoms with Crippen molar-refractivity contribution in [3.8, 4) is 0 Å². The summed E-state index contributed by atoms with van der Waals surface area (Å²) in [6, 6.07) is 9.55. The van der Waals surface area contributed by atoms with Crippen LogP contribution in [0.25, 0.3) is 10.9 Å². The van der Waals surface area contributed by atoms with Crippen LogP contribution in [0.2, 0.25) is 0 Å². The summed E-state index contributed by atoms with van der Waals surface area (Å²) >= 11 is 0. The van der Waals surface area contributed by atoms with Gasteiger partial charge in [0, 0.05) is 36.7 Å². The molecule has 1 heterocycles. The number of para-hydroxylation sites is 1. The predicted octanol–water partition coefficient (Wildman–Crippen LogP) is 2.82. The molecule has 1 aliphatic carbocycles. The van der Waals surface area contributed by atoms with Crippen LogP contribution in [0.3, 0.4) is 0 Å². The van der Waals surface area contributed by atoms with E-state index in [1.807, 2.05) is 0 Å². The van der Waals surface area contributed by atoms with E-state index in [-0.39, 0.29) is 0 Å². The molecule has 1 fully saturated rings. The molecule has 2 aromatic rings. The molecule has 0 aliphatic heterocycles. The van der Waals surface area contributed by atoms with Gasteiger partial charge in [-0.15, -0.1) is 0 Å². The number of rotatable bonds is 4. The van der Waals surface area contributed by atoms with E-state index in [1.54, 1.807) is 0 Å². The maximum absolute atomic E-state index is 2.50. The summed E-state index contributed by atoms with van der Waals surface area (Å²) in [6.07, 6.45) is 6.23. The van der Waals surface area contributed by atoms with Gasteiger partial charge in [0.25, 0.3) is 0 Å². The van der Waals surface area contributed by atoms with E-state index in [0.717, 1.165) is 12.5 Å². The van der Waals surface area contributed by atoms with Crippen LogP contribution in [0, 0.1) is 0 Å². The van der Waals surface area contributed by atoms with Crippen LogP contribution < -0.4 is 0 Å². The molecule has 17 heavy (non-hydrogen) atoms. The number of hydrogen-bond acceptors (Lipinski definition) is 1. The quantitative estimate of drug-likeness (QED) is 0.781. The predicted molar refractivity (Wildman–Crippen MR) is 72.3 cm³/mol. The van der Waals surface area contributed by atoms with Gasteiger partial charge in [-0.05, 0) is 37.9 Å². The van der Waals surface area contributed by atoms with E-state index in [4.69, 9.17) is 0 Å². The number of aromatic nitrogens is 1. The second kappa shape index (κ2) is 4.19. The summed E-state index contributed by atoms with van der Waals surface area (Å²) < 4.78 is 2.24. The molecule has 1 aromatic carbocycles. The molecule has 0 atom stereocenters. The standard InChI is InChI=1S/C15H20N2/c1-16(13-7-8-13)10-9-12-11-17(2)15-6-4-3-5-14(12)15/h3-6,11,13H,7-10H2,1-2H3. The van der Waals surface area contributed by atoms with Crippen LogP contribution in [0.4, 0.5) is 0 Å². The van der Waals surface area contributed by atoms with Crippen molar-refractivity contribution in [1.29, 1.82) is 0 Å². The topological polar surface area (TPSA) is 8.17 Å². The Balaban J connectivity index is 1.80. The highest BCUT2D eigenvalue weighted by molar-refractivity contribution is 5.83. The Morgan fingerprint density at radius 2 is 2.06 bits per heavy atom. The van der Waals surface area contributed by atoms with E-state index in [2.05, 4.69) is 54.0 Å². The van der Waals surface area contributed by atoms with Gasteiger partial charge in [0.1, 0.15) is 0 Å². The van der Waals surface area contributed by atoms with Gasteiger partial charge in [-0.1, -0.05) is 18.2 Å². The van der Waals surface area contributed by atoms with Gasteiger partial charge in [0.05, 0.1) is 0 Å². The minimum Gasteiger partial charge on any atom is -0.350 e. The van der Waals surface area contributed by atoms with Gasteiger partial charge in [-0.25, -0.2) is 0 Å². The largest absolute Gasteiger partial charge is 0.350 e. The SMILES string of the molecule is CN(CCc1cn(C)c2ccccc12)C1CC1. The molecule has 0 N–H and O–H groups in total. The summed E-state index contributed by atoms with van der Waals surface area (Å²) in [6.45, 7) is 1.18. The van der Waals surface area contributed by atoms with Gasteiger partial charge in [-0.2, -0.15) is 0 Å². The lowest BCUT2D eigenvalue weighted by atomic mass is 10.1. The van der Waals surface area contributed by atoms with Gasteiger partial charge >= 0.3 is 0 Å². The Labute approximate surface area is 103 Å². The Kier molecular flexibility index (Phi) is 2.67. The molecule has 0 radical (unpaired) electrons. The summed E-state index contributed by atoms with van der Waals surface area (Å²) in [5.74, 6) is 0. The van der Waals surface area contributed by atoms with Crippen LogP contribution in [0.1, 0.15) is 18.4 Å². The zero-order valence-corrected chi connectivity index (χ0v) is 10.7. The smallest absolute Gasteiger partial charge is 0.0480 e. The normalized spacial score (nSPS) is 15.9. The number of likely N-dealkylation sites (N-methyl/N-ethyl adjacent to an activating group) is 1. The summed E-state index contributed by atoms with van der Waals surface area (Å²) in [5, 5.41) is 1.42. The van der Waals surface area contributed by atoms with Crippen LogP contribution in [0.5, 0.6) is 0 Å². The van der Waals surface area contributed by atoms with E-state index in [0.29, 0.717) is 0 Å². The fraction of sp³-hybridized carbons (Fsp3) is 0.467. The maximum Gasteiger partial charge on any atom is 0.0480 e. The Hall–Kier alpha value is -1.28. The lowest BCUT2D eigenvalue weighted by Gasteiger charge is -2.14. The van der Waals surface area contributed by atoms with Crippen LogP contribution >= 0.6 is 0 Å². The van der Waals surface area contributed by atoms with Crippen molar-refractivity contribution in [2.45, 2.75) is 25.3 Å². The first-order chi connectivity index (χ1) is 8.25. The molecular weight excluding hydrogens is 208 g/mol. The molecule has 3 rings (SSSR count). The Morgan fingerprint density at radius 1 is 1.29 bits per heavy atom. The molecule has 90 valence electrons. The van der Waals surface area contributed by atoms with Gasteiger partial charge < -0.3 is 9.47 Å². The average Bonchev–Trinajstić information content (AvgIpc) is 3.14. The first-order valence-corrected chi connectivity index (χ1v) is 6.49. The highest BCUT2D eigenvalue weighted by atomic mass is 15.1. The van der Waals surface area contributed by atoms with E-state index in [1.165, 1.54) is 35.9 Å². The van der Waals surface area contributed by atoms with Crippen molar-refractivity contribution in [2.24, 2.45) is 7.05 Å². The maximum atomic E-state index is 2.50. The molecule has 2 heteroatoms. The average molecular weight is 228 g/mol. The van der Waals surface area contributed by atoms with Crippen molar-refractivity contribution in [1.82, 2.24) is 9.47 Å². The van der Waals surface area contributed by atoms with E-state index < -0.39 is 0 Å². The molecule has 1 aromatic heterocycles. The fourth-order valence-electron chi connectivity index (χ4n) is 2.62. The Bertz CT molecular complexity index is 523. The number of nitrogens with zero attached hydrogens (tertiary/aromatic N) is 2. The minimum absolute atomic E-state index is 0.866. The summed E-state index contributed by atoms with van der Waals surface area (Å²) in [5.41, 5.74) is 2.83. The first kappa shape index (κ1) is 10.8. The molecule has 0 bridgehead atoms. The molecule has 0 unspecified atom stereocenters. The molecule has 0 spiro atoms. The number of aryl methyl sites for hydroxylation is 1. The van der Waals surface area contributed by atoms with Gasteiger partial charge in [-0.3, -0.25) is 0 Å². The third-order valence-electron chi connectivity index (χ3n) is 3.88. The number of hydrogen-bond donors (Lipinski definition) is 0. The lowest BCUT2D eigenvalue weighted by Crippen LogP contribution is -2.23. The molecule has 1 aliphatic rings. The first-order valence-electron chi connectivity index (χ1n) is 6.49. The zero-order valence-electron chi connectivity index (χ0n) is 10.7. The lowest BCUT2D eigenvalue weighted by molar-refractivity contribution is 0.329. The van der Waals surface area contributed by atoms with Crippen molar-refractivity contribution in [2.75, 3.05) is 13.6 Å². The second-order valence-corrected chi connectivity index (χ2v) is 5.24. The summed E-state index contributed by atoms with van der Waals surface area (Å²) in [7, 11) is 4.39. The van der Waals surface area contributed by atoms with E-state index >= 15 is 0 Å². The monoisotopic (exact) mass is 228 g/mol. The fourth-order valence-corrected chi connectivity index (χ4v) is 2.62. The molecule has 0 saturated heterocycles. The molecule has 0 amide bonds. The van der Waals surface area contributed by atoms with E-state index in [9.17, 15) is 0 Å². The van der Waals surface area contributed by atoms with Crippen molar-refractivity contribution < 1.29 is 0 Å². The van der Waals surface area contributed by atoms with Crippen LogP contribution in [-0.2, 0) is 13.5 Å². The molecule has 2 nitrogen and oxygen atoms in total. The van der Waals surface area contributed by atoms with Gasteiger partial charge in [0.15, 0.2) is 0 Å². The van der Waals surface area contributed by atoms with Crippen LogP contribution in [-0.4, -0.2) is 29.1 Å². The van der Waals surface area contributed by atoms with Crippen molar-refractivity contribution >= 4 is 10.9 Å². The highest BCUT2D eigenvalue weighted by Crippen LogP contribution is 2.26. The summed E-state index contributed by atoms with van der Waals surface area (Å²) in [4.78, 5) is 2.50. The molecule has 1 saturated carbocycles. The zero-order chi connectivity index (χ0) is 11.8. The van der Waals surface area contributed by atoms with Gasteiger partial charge in [0.2, 0.25) is 0 Å². The number of fused-ring (bicyclic) bond motifs is 1. The minimum atomic E-state index is 0.866. The number of benzene rings is 1. The van der Waals surface area contributed by atoms with Crippen molar-refractivity contribution in [3.63, 3.8) is 0 Å². The molecular formula is C15H20N2. The van der Waals surface area contributed by atoms with Crippen molar-refractivity contribution in [3.05, 3.63) is 36.0 Å². The Morgan fingerprint density at radius 3 is 2.82 bits per heavy atom. The second-order valence-electron chi connectivity index (χ2n) is 5.24.